The van der Waals surface area contributed by atoms with E-state index in [9.17, 15) is 13.2 Å². The maximum atomic E-state index is 13.3. The van der Waals surface area contributed by atoms with Crippen molar-refractivity contribution in [3.05, 3.63) is 54.1 Å². The Hall–Kier alpha value is -3.08. The van der Waals surface area contributed by atoms with Crippen LogP contribution in [0.5, 0.6) is 0 Å². The third-order valence-electron chi connectivity index (χ3n) is 5.76. The van der Waals surface area contributed by atoms with Gasteiger partial charge in [0.2, 0.25) is 10.0 Å². The molecule has 2 aromatic carbocycles. The lowest BCUT2D eigenvalue weighted by Gasteiger charge is -2.33. The number of hydrogen-bond acceptors (Lipinski definition) is 7. The average molecular weight is 454 g/mol. The predicted octanol–water partition coefficient (Wildman–Crippen LogP) is 1.75. The lowest BCUT2D eigenvalue weighted by molar-refractivity contribution is 0.0730. The lowest BCUT2D eigenvalue weighted by Crippen LogP contribution is -2.43. The largest absolute Gasteiger partial charge is 0.379 e. The zero-order chi connectivity index (χ0) is 22.3. The van der Waals surface area contributed by atoms with E-state index < -0.39 is 10.0 Å². The summed E-state index contributed by atoms with van der Waals surface area (Å²) in [4.78, 5) is 26.5. The van der Waals surface area contributed by atoms with Gasteiger partial charge in [-0.3, -0.25) is 9.69 Å². The molecule has 1 saturated heterocycles. The van der Waals surface area contributed by atoms with Gasteiger partial charge >= 0.3 is 0 Å². The highest BCUT2D eigenvalue weighted by Gasteiger charge is 2.30. The lowest BCUT2D eigenvalue weighted by atomic mass is 10.2. The minimum atomic E-state index is -3.61. The fourth-order valence-electron chi connectivity index (χ4n) is 3.94. The molecule has 0 saturated carbocycles. The van der Waals surface area contributed by atoms with Crippen LogP contribution in [0, 0.1) is 0 Å². The highest BCUT2D eigenvalue weighted by molar-refractivity contribution is 7.89. The molecule has 0 aliphatic carbocycles. The van der Waals surface area contributed by atoms with Gasteiger partial charge in [0.05, 0.1) is 29.1 Å². The van der Waals surface area contributed by atoms with Crippen LogP contribution in [0.2, 0.25) is 0 Å². The highest BCUT2D eigenvalue weighted by Crippen LogP contribution is 2.31. The summed E-state index contributed by atoms with van der Waals surface area (Å²) in [6, 6.07) is 13.6. The molecule has 9 nitrogen and oxygen atoms in total. The van der Waals surface area contributed by atoms with Crippen LogP contribution in [0.15, 0.2) is 53.4 Å². The molecule has 1 fully saturated rings. The Bertz CT molecular complexity index is 1270. The number of benzene rings is 2. The smallest absolute Gasteiger partial charge is 0.259 e. The van der Waals surface area contributed by atoms with Gasteiger partial charge in [0, 0.05) is 38.8 Å². The molecule has 1 amide bonds. The Morgan fingerprint density at radius 1 is 0.875 bits per heavy atom. The molecule has 2 aliphatic heterocycles. The third kappa shape index (κ3) is 3.60. The summed E-state index contributed by atoms with van der Waals surface area (Å²) in [7, 11) is -1.68. The number of carbonyl (C=O) groups excluding carboxylic acids is 1. The van der Waals surface area contributed by atoms with E-state index in [0.717, 1.165) is 5.52 Å². The van der Waals surface area contributed by atoms with Crippen LogP contribution in [-0.4, -0.2) is 75.0 Å². The average Bonchev–Trinajstić information content (AvgIpc) is 2.83. The molecule has 1 aromatic heterocycles. The number of fused-ring (bicyclic) bond motifs is 2. The van der Waals surface area contributed by atoms with E-state index in [1.165, 1.54) is 16.4 Å². The minimum absolute atomic E-state index is 0.167. The molecule has 0 radical (unpaired) electrons. The number of para-hydroxylation sites is 2. The maximum Gasteiger partial charge on any atom is 0.259 e. The third-order valence-corrected chi connectivity index (χ3v) is 7.68. The Labute approximate surface area is 186 Å². The van der Waals surface area contributed by atoms with Crippen molar-refractivity contribution in [2.75, 3.05) is 56.2 Å². The van der Waals surface area contributed by atoms with E-state index in [0.29, 0.717) is 62.1 Å². The number of aromatic nitrogens is 2. The topological polar surface area (TPSA) is 95.9 Å². The number of amides is 1. The van der Waals surface area contributed by atoms with E-state index in [2.05, 4.69) is 0 Å². The first-order valence-corrected chi connectivity index (χ1v) is 11.9. The van der Waals surface area contributed by atoms with Crippen LogP contribution in [0.4, 0.5) is 11.6 Å². The molecule has 32 heavy (non-hydrogen) atoms. The van der Waals surface area contributed by atoms with Gasteiger partial charge < -0.3 is 9.64 Å². The summed E-state index contributed by atoms with van der Waals surface area (Å²) in [6.07, 6.45) is 0. The molecule has 3 aromatic rings. The van der Waals surface area contributed by atoms with Gasteiger partial charge in [-0.25, -0.2) is 18.4 Å². The van der Waals surface area contributed by atoms with E-state index in [1.807, 2.05) is 36.2 Å². The molecule has 10 heteroatoms. The number of anilines is 2. The Kier molecular flexibility index (Phi) is 5.28. The van der Waals surface area contributed by atoms with Gasteiger partial charge in [-0.05, 0) is 36.4 Å². The number of carbonyl (C=O) groups is 1. The molecular formula is C22H23N5O4S. The first kappa shape index (κ1) is 20.8. The summed E-state index contributed by atoms with van der Waals surface area (Å²) in [5.41, 5.74) is 1.88. The van der Waals surface area contributed by atoms with E-state index in [4.69, 9.17) is 14.7 Å². The van der Waals surface area contributed by atoms with Gasteiger partial charge in [-0.15, -0.1) is 0 Å². The molecule has 0 bridgehead atoms. The zero-order valence-corrected chi connectivity index (χ0v) is 18.5. The van der Waals surface area contributed by atoms with Crippen LogP contribution < -0.4 is 9.80 Å². The second kappa shape index (κ2) is 8.12. The molecule has 0 N–H and O–H groups in total. The van der Waals surface area contributed by atoms with Crippen molar-refractivity contribution in [3.63, 3.8) is 0 Å². The van der Waals surface area contributed by atoms with E-state index >= 15 is 0 Å². The van der Waals surface area contributed by atoms with Crippen molar-refractivity contribution in [3.8, 4) is 0 Å². The Morgan fingerprint density at radius 3 is 2.16 bits per heavy atom. The van der Waals surface area contributed by atoms with Crippen LogP contribution in [0.25, 0.3) is 11.0 Å². The van der Waals surface area contributed by atoms with Crippen LogP contribution in [0.3, 0.4) is 0 Å². The predicted molar refractivity (Wildman–Crippen MR) is 121 cm³/mol. The number of morpholine rings is 1. The SMILES string of the molecule is CN1CCN(C(=O)c2ccc(S(=O)(=O)N3CCOCC3)cc2)c2nc3ccccc3nc21. The summed E-state index contributed by atoms with van der Waals surface area (Å²) in [5, 5.41) is 0. The monoisotopic (exact) mass is 453 g/mol. The first-order chi connectivity index (χ1) is 15.4. The first-order valence-electron chi connectivity index (χ1n) is 10.4. The number of sulfonamides is 1. The van der Waals surface area contributed by atoms with Gasteiger partial charge in [0.15, 0.2) is 11.6 Å². The summed E-state index contributed by atoms with van der Waals surface area (Å²) in [5.74, 6) is 0.918. The number of hydrogen-bond donors (Lipinski definition) is 0. The summed E-state index contributed by atoms with van der Waals surface area (Å²) in [6.45, 7) is 2.50. The van der Waals surface area contributed by atoms with E-state index in [-0.39, 0.29) is 10.8 Å². The molecule has 5 rings (SSSR count). The highest BCUT2D eigenvalue weighted by atomic mass is 32.2. The maximum absolute atomic E-state index is 13.3. The quantitative estimate of drug-likeness (QED) is 0.596. The van der Waals surface area contributed by atoms with Crippen molar-refractivity contribution < 1.29 is 17.9 Å². The normalized spacial score (nSPS) is 17.4. The van der Waals surface area contributed by atoms with Crippen molar-refractivity contribution in [1.29, 1.82) is 0 Å². The fraction of sp³-hybridized carbons (Fsp3) is 0.318. The molecule has 0 atom stereocenters. The van der Waals surface area contributed by atoms with Crippen molar-refractivity contribution in [2.45, 2.75) is 4.90 Å². The molecule has 2 aliphatic rings. The Morgan fingerprint density at radius 2 is 1.50 bits per heavy atom. The van der Waals surface area contributed by atoms with Crippen molar-refractivity contribution in [1.82, 2.24) is 14.3 Å². The van der Waals surface area contributed by atoms with Crippen LogP contribution >= 0.6 is 0 Å². The molecule has 3 heterocycles. The summed E-state index contributed by atoms with van der Waals surface area (Å²) < 4.78 is 32.3. The van der Waals surface area contributed by atoms with Crippen LogP contribution in [0.1, 0.15) is 10.4 Å². The van der Waals surface area contributed by atoms with Gasteiger partial charge in [0.25, 0.3) is 5.91 Å². The summed E-state index contributed by atoms with van der Waals surface area (Å²) >= 11 is 0. The number of likely N-dealkylation sites (N-methyl/N-ethyl adjacent to an activating group) is 1. The number of rotatable bonds is 3. The van der Waals surface area contributed by atoms with Crippen LogP contribution in [-0.2, 0) is 14.8 Å². The molecule has 166 valence electrons. The molecule has 0 unspecified atom stereocenters. The minimum Gasteiger partial charge on any atom is -0.379 e. The van der Waals surface area contributed by atoms with E-state index in [1.54, 1.807) is 17.0 Å². The van der Waals surface area contributed by atoms with Crippen molar-refractivity contribution in [2.24, 2.45) is 0 Å². The number of ether oxygens (including phenoxy) is 1. The molecular weight excluding hydrogens is 430 g/mol. The van der Waals surface area contributed by atoms with Gasteiger partial charge in [-0.1, -0.05) is 12.1 Å². The second-order valence-electron chi connectivity index (χ2n) is 7.78. The Balaban J connectivity index is 1.45. The second-order valence-corrected chi connectivity index (χ2v) is 9.72. The number of nitrogens with zero attached hydrogens (tertiary/aromatic N) is 5. The molecule has 0 spiro atoms. The standard InChI is InChI=1S/C22H23N5O4S/c1-25-10-11-27(21-20(25)23-18-4-2-3-5-19(18)24-21)22(28)16-6-8-17(9-7-16)32(29,30)26-12-14-31-15-13-26/h2-9H,10-15H2,1H3. The van der Waals surface area contributed by atoms with Gasteiger partial charge in [-0.2, -0.15) is 4.31 Å². The fourth-order valence-corrected chi connectivity index (χ4v) is 5.35. The van der Waals surface area contributed by atoms with Crippen molar-refractivity contribution >= 4 is 38.6 Å². The van der Waals surface area contributed by atoms with Gasteiger partial charge in [0.1, 0.15) is 0 Å². The zero-order valence-electron chi connectivity index (χ0n) is 17.6.